The van der Waals surface area contributed by atoms with Crippen LogP contribution in [0.15, 0.2) is 53.5 Å². The first-order chi connectivity index (χ1) is 10.8. The summed E-state index contributed by atoms with van der Waals surface area (Å²) in [7, 11) is 2.19. The Labute approximate surface area is 133 Å². The fourth-order valence-electron chi connectivity index (χ4n) is 3.09. The lowest BCUT2D eigenvalue weighted by molar-refractivity contribution is 0.599. The average molecular weight is 292 g/mol. The van der Waals surface area contributed by atoms with Crippen molar-refractivity contribution in [2.45, 2.75) is 38.6 Å². The van der Waals surface area contributed by atoms with E-state index in [-0.39, 0.29) is 0 Å². The van der Waals surface area contributed by atoms with E-state index in [1.165, 1.54) is 23.2 Å². The zero-order valence-electron chi connectivity index (χ0n) is 13.5. The summed E-state index contributed by atoms with van der Waals surface area (Å²) in [5.74, 6) is 0. The lowest BCUT2D eigenvalue weighted by atomic mass is 9.96. The second-order valence-corrected chi connectivity index (χ2v) is 6.11. The van der Waals surface area contributed by atoms with Crippen LogP contribution in [-0.4, -0.2) is 19.3 Å². The third-order valence-corrected chi connectivity index (χ3v) is 4.62. The van der Waals surface area contributed by atoms with Crippen LogP contribution in [0.4, 0.5) is 11.4 Å². The van der Waals surface area contributed by atoms with Crippen molar-refractivity contribution in [1.82, 2.24) is 0 Å². The van der Waals surface area contributed by atoms with Crippen molar-refractivity contribution in [3.63, 3.8) is 0 Å². The Balaban J connectivity index is 1.69. The van der Waals surface area contributed by atoms with Gasteiger partial charge in [0.2, 0.25) is 0 Å². The maximum atomic E-state index is 4.74. The van der Waals surface area contributed by atoms with Crippen LogP contribution in [0.5, 0.6) is 0 Å². The van der Waals surface area contributed by atoms with Crippen LogP contribution < -0.4 is 4.90 Å². The fourth-order valence-corrected chi connectivity index (χ4v) is 3.09. The van der Waals surface area contributed by atoms with Gasteiger partial charge in [-0.1, -0.05) is 36.4 Å². The Kier molecular flexibility index (Phi) is 4.57. The highest BCUT2D eigenvalue weighted by molar-refractivity contribution is 5.71. The van der Waals surface area contributed by atoms with Gasteiger partial charge in [0.25, 0.3) is 0 Å². The molecule has 1 aliphatic heterocycles. The topological polar surface area (TPSA) is 15.6 Å². The van der Waals surface area contributed by atoms with Crippen molar-refractivity contribution < 1.29 is 0 Å². The highest BCUT2D eigenvalue weighted by Gasteiger charge is 2.21. The minimum absolute atomic E-state index is 0.616. The number of anilines is 1. The zero-order chi connectivity index (χ0) is 15.4. The molecule has 1 heterocycles. The summed E-state index contributed by atoms with van der Waals surface area (Å²) in [6.45, 7) is 2.29. The van der Waals surface area contributed by atoms with Gasteiger partial charge >= 0.3 is 0 Å². The molecule has 2 aromatic rings. The van der Waals surface area contributed by atoms with E-state index in [4.69, 9.17) is 4.99 Å². The maximum Gasteiger partial charge on any atom is 0.0678 e. The molecule has 2 aromatic carbocycles. The van der Waals surface area contributed by atoms with Crippen LogP contribution >= 0.6 is 0 Å². The number of benzene rings is 2. The number of rotatable bonds is 4. The van der Waals surface area contributed by atoms with Crippen LogP contribution in [0.1, 0.15) is 30.9 Å². The number of nitrogens with zero attached hydrogens (tertiary/aromatic N) is 2. The van der Waals surface area contributed by atoms with Crippen LogP contribution in [0, 0.1) is 0 Å². The number of aryl methyl sites for hydroxylation is 1. The summed E-state index contributed by atoms with van der Waals surface area (Å²) in [6, 6.07) is 17.7. The quantitative estimate of drug-likeness (QED) is 0.740. The molecule has 0 saturated carbocycles. The normalized spacial score (nSPS) is 17.7. The van der Waals surface area contributed by atoms with Crippen molar-refractivity contribution in [2.75, 3.05) is 11.9 Å². The van der Waals surface area contributed by atoms with Gasteiger partial charge in [-0.25, -0.2) is 0 Å². The molecule has 0 amide bonds. The van der Waals surface area contributed by atoms with Crippen LogP contribution in [0.2, 0.25) is 0 Å². The van der Waals surface area contributed by atoms with E-state index in [2.05, 4.69) is 73.6 Å². The molecule has 2 nitrogen and oxygen atoms in total. The molecule has 0 N–H and O–H groups in total. The van der Waals surface area contributed by atoms with Crippen LogP contribution in [-0.2, 0) is 12.8 Å². The molecule has 0 radical (unpaired) electrons. The van der Waals surface area contributed by atoms with Gasteiger partial charge in [0.05, 0.1) is 5.69 Å². The average Bonchev–Trinajstić information content (AvgIpc) is 2.56. The summed E-state index contributed by atoms with van der Waals surface area (Å²) in [5, 5.41) is 0. The molecule has 0 fully saturated rings. The SMILES string of the molecule is CC1CCc2c(N=CCCc3ccccc3)cccc2N1C. The molecule has 3 rings (SSSR count). The van der Waals surface area contributed by atoms with Crippen LogP contribution in [0.25, 0.3) is 0 Å². The van der Waals surface area contributed by atoms with Gasteiger partial charge in [-0.15, -0.1) is 0 Å². The lowest BCUT2D eigenvalue weighted by Crippen LogP contribution is -2.33. The molecular formula is C20H24N2. The number of hydrogen-bond donors (Lipinski definition) is 0. The number of fused-ring (bicyclic) bond motifs is 1. The van der Waals surface area contributed by atoms with Crippen molar-refractivity contribution in [3.8, 4) is 0 Å². The molecule has 0 spiro atoms. The molecule has 1 aliphatic rings. The summed E-state index contributed by atoms with van der Waals surface area (Å²) >= 11 is 0. The Hall–Kier alpha value is -2.09. The van der Waals surface area contributed by atoms with E-state index in [1.54, 1.807) is 0 Å². The molecular weight excluding hydrogens is 268 g/mol. The zero-order valence-corrected chi connectivity index (χ0v) is 13.5. The molecule has 0 aromatic heterocycles. The van der Waals surface area contributed by atoms with Crippen molar-refractivity contribution in [3.05, 3.63) is 59.7 Å². The smallest absolute Gasteiger partial charge is 0.0678 e. The minimum atomic E-state index is 0.616. The van der Waals surface area contributed by atoms with Gasteiger partial charge in [0, 0.05) is 30.6 Å². The summed E-state index contributed by atoms with van der Waals surface area (Å²) in [6.07, 6.45) is 6.45. The van der Waals surface area contributed by atoms with E-state index in [0.717, 1.165) is 24.9 Å². The van der Waals surface area contributed by atoms with Crippen LogP contribution in [0.3, 0.4) is 0 Å². The van der Waals surface area contributed by atoms with Gasteiger partial charge in [0.1, 0.15) is 0 Å². The fraction of sp³-hybridized carbons (Fsp3) is 0.350. The molecule has 22 heavy (non-hydrogen) atoms. The van der Waals surface area contributed by atoms with E-state index in [9.17, 15) is 0 Å². The van der Waals surface area contributed by atoms with Gasteiger partial charge in [0.15, 0.2) is 0 Å². The van der Waals surface area contributed by atoms with E-state index in [1.807, 2.05) is 0 Å². The highest BCUT2D eigenvalue weighted by Crippen LogP contribution is 2.35. The maximum absolute atomic E-state index is 4.74. The molecule has 114 valence electrons. The third kappa shape index (κ3) is 3.22. The van der Waals surface area contributed by atoms with E-state index >= 15 is 0 Å². The summed E-state index contributed by atoms with van der Waals surface area (Å²) < 4.78 is 0. The molecule has 0 saturated heterocycles. The molecule has 2 heteroatoms. The predicted molar refractivity (Wildman–Crippen MR) is 95.5 cm³/mol. The standard InChI is InChI=1S/C20H24N2/c1-16-13-14-18-19(11-6-12-20(18)22(16)2)21-15-7-10-17-8-4-3-5-9-17/h3-6,8-9,11-12,15-16H,7,10,13-14H2,1-2H3. The van der Waals surface area contributed by atoms with E-state index < -0.39 is 0 Å². The summed E-state index contributed by atoms with van der Waals surface area (Å²) in [5.41, 5.74) is 5.26. The number of aliphatic imine (C=N–C) groups is 1. The Morgan fingerprint density at radius 3 is 2.77 bits per heavy atom. The highest BCUT2D eigenvalue weighted by atomic mass is 15.1. The van der Waals surface area contributed by atoms with Gasteiger partial charge in [-0.3, -0.25) is 4.99 Å². The molecule has 0 bridgehead atoms. The predicted octanol–water partition coefficient (Wildman–Crippen LogP) is 4.79. The molecule has 0 aliphatic carbocycles. The minimum Gasteiger partial charge on any atom is -0.372 e. The van der Waals surface area contributed by atoms with Crippen molar-refractivity contribution in [1.29, 1.82) is 0 Å². The second kappa shape index (κ2) is 6.78. The first-order valence-corrected chi connectivity index (χ1v) is 8.17. The van der Waals surface area contributed by atoms with Gasteiger partial charge in [-0.05, 0) is 50.3 Å². The largest absolute Gasteiger partial charge is 0.372 e. The Bertz CT molecular complexity index is 646. The number of hydrogen-bond acceptors (Lipinski definition) is 2. The van der Waals surface area contributed by atoms with Crippen molar-refractivity contribution in [2.24, 2.45) is 4.99 Å². The molecule has 1 unspecified atom stereocenters. The molecule has 1 atom stereocenters. The Morgan fingerprint density at radius 1 is 1.14 bits per heavy atom. The van der Waals surface area contributed by atoms with Gasteiger partial charge < -0.3 is 4.90 Å². The second-order valence-electron chi connectivity index (χ2n) is 6.11. The Morgan fingerprint density at radius 2 is 1.95 bits per heavy atom. The van der Waals surface area contributed by atoms with E-state index in [0.29, 0.717) is 6.04 Å². The first kappa shape index (κ1) is 14.8. The summed E-state index contributed by atoms with van der Waals surface area (Å²) in [4.78, 5) is 7.12. The van der Waals surface area contributed by atoms with Gasteiger partial charge in [-0.2, -0.15) is 0 Å². The first-order valence-electron chi connectivity index (χ1n) is 8.17. The third-order valence-electron chi connectivity index (χ3n) is 4.62. The van der Waals surface area contributed by atoms with Crippen molar-refractivity contribution >= 4 is 17.6 Å². The monoisotopic (exact) mass is 292 g/mol. The lowest BCUT2D eigenvalue weighted by Gasteiger charge is -2.34.